The summed E-state index contributed by atoms with van der Waals surface area (Å²) in [5.74, 6) is 0. The van der Waals surface area contributed by atoms with Gasteiger partial charge in [0.1, 0.15) is 0 Å². The molecule has 0 aliphatic heterocycles. The van der Waals surface area contributed by atoms with Crippen molar-refractivity contribution in [2.24, 2.45) is 0 Å². The molecule has 0 aromatic rings. The van der Waals surface area contributed by atoms with E-state index in [1.54, 1.807) is 0 Å². The SMILES string of the molecule is O.O.[Mn].[O]=[Mn](=[O])(=[O])[OH].[O]=[Mn](=[O])(=[O])[OH]. The topological polar surface area (TPSA) is 206 Å². The fourth-order valence-corrected chi connectivity index (χ4v) is 0. The number of hydrogen-bond acceptors (Lipinski definition) is 6. The van der Waals surface area contributed by atoms with Crippen LogP contribution in [0.2, 0.25) is 0 Å². The summed E-state index contributed by atoms with van der Waals surface area (Å²) in [5, 5.41) is 0. The van der Waals surface area contributed by atoms with Gasteiger partial charge in [-0.15, -0.1) is 0 Å². The molecule has 6 N–H and O–H groups in total. The summed E-state index contributed by atoms with van der Waals surface area (Å²) in [4.78, 5) is 0. The first-order chi connectivity index (χ1) is 4.00. The van der Waals surface area contributed by atoms with Crippen molar-refractivity contribution in [3.05, 3.63) is 0 Å². The molecule has 0 saturated carbocycles. The van der Waals surface area contributed by atoms with E-state index in [2.05, 4.69) is 0 Å². The van der Waals surface area contributed by atoms with Crippen LogP contribution in [0.25, 0.3) is 0 Å². The number of rotatable bonds is 0. The molecule has 0 saturated heterocycles. The van der Waals surface area contributed by atoms with Gasteiger partial charge in [0.25, 0.3) is 0 Å². The maximum absolute atomic E-state index is 8.69. The molecule has 13 heavy (non-hydrogen) atoms. The number of hydrogen-bond donors (Lipinski definition) is 2. The van der Waals surface area contributed by atoms with Gasteiger partial charge in [-0.2, -0.15) is 0 Å². The van der Waals surface area contributed by atoms with Gasteiger partial charge in [-0.05, 0) is 0 Å². The van der Waals surface area contributed by atoms with Gasteiger partial charge >= 0.3 is 57.3 Å². The average molecular weight is 331 g/mol. The summed E-state index contributed by atoms with van der Waals surface area (Å²) in [5.41, 5.74) is 0. The molecule has 0 aliphatic rings. The van der Waals surface area contributed by atoms with Crippen molar-refractivity contribution in [1.29, 1.82) is 0 Å². The second kappa shape index (κ2) is 10.3. The molecular formula is H6Mn3O10. The van der Waals surface area contributed by atoms with Gasteiger partial charge in [-0.25, -0.2) is 0 Å². The third kappa shape index (κ3) is 32200. The third-order valence-electron chi connectivity index (χ3n) is 0. The van der Waals surface area contributed by atoms with Gasteiger partial charge in [0.2, 0.25) is 0 Å². The molecule has 0 fully saturated rings. The summed E-state index contributed by atoms with van der Waals surface area (Å²) >= 11 is -10.8. The van der Waals surface area contributed by atoms with Gasteiger partial charge in [0, 0.05) is 17.1 Å². The molecule has 0 heterocycles. The van der Waals surface area contributed by atoms with Gasteiger partial charge < -0.3 is 11.0 Å². The second-order valence-corrected chi connectivity index (χ2v) is 3.27. The van der Waals surface area contributed by atoms with E-state index in [0.717, 1.165) is 0 Å². The van der Waals surface area contributed by atoms with Crippen molar-refractivity contribution in [3.63, 3.8) is 0 Å². The Morgan fingerprint density at radius 3 is 0.615 bits per heavy atom. The molecule has 10 nitrogen and oxygen atoms in total. The van der Waals surface area contributed by atoms with E-state index in [1.807, 2.05) is 0 Å². The molecule has 0 spiro atoms. The van der Waals surface area contributed by atoms with Crippen LogP contribution in [0.1, 0.15) is 0 Å². The molecule has 0 rings (SSSR count). The molecule has 0 amide bonds. The normalized spacial score (nSPS) is 8.77. The van der Waals surface area contributed by atoms with Crippen LogP contribution in [-0.2, 0) is 66.0 Å². The van der Waals surface area contributed by atoms with Crippen LogP contribution >= 0.6 is 0 Å². The minimum atomic E-state index is -5.38. The summed E-state index contributed by atoms with van der Waals surface area (Å²) < 4.78 is 66.1. The van der Waals surface area contributed by atoms with Crippen LogP contribution in [0.4, 0.5) is 0 Å². The Balaban J connectivity index is -0.0000000267. The Morgan fingerprint density at radius 1 is 0.615 bits per heavy atom. The van der Waals surface area contributed by atoms with Crippen LogP contribution in [0.15, 0.2) is 0 Å². The molecule has 1 radical (unpaired) electrons. The van der Waals surface area contributed by atoms with Crippen LogP contribution < -0.4 is 0 Å². The first-order valence-corrected chi connectivity index (χ1v) is 5.21. The zero-order valence-corrected chi connectivity index (χ0v) is 9.02. The van der Waals surface area contributed by atoms with Crippen molar-refractivity contribution >= 4 is 0 Å². The first-order valence-electron chi connectivity index (χ1n) is 1.26. The predicted octanol–water partition coefficient (Wildman–Crippen LogP) is -3.48. The molecule has 87 valence electrons. The molecule has 0 bridgehead atoms. The van der Waals surface area contributed by atoms with E-state index in [0.29, 0.717) is 0 Å². The van der Waals surface area contributed by atoms with E-state index in [4.69, 9.17) is 31.4 Å². The maximum atomic E-state index is 8.69. The van der Waals surface area contributed by atoms with E-state index in [-0.39, 0.29) is 28.0 Å². The Bertz CT molecular complexity index is 295. The first kappa shape index (κ1) is 29.2. The molecule has 0 aromatic carbocycles. The van der Waals surface area contributed by atoms with Crippen LogP contribution in [0, 0.1) is 0 Å². The second-order valence-electron chi connectivity index (χ2n) is 0.792. The zero-order chi connectivity index (χ0) is 9.00. The van der Waals surface area contributed by atoms with Gasteiger partial charge in [-0.3, -0.25) is 0 Å². The Labute approximate surface area is 85.3 Å². The third-order valence-corrected chi connectivity index (χ3v) is 0. The van der Waals surface area contributed by atoms with E-state index in [1.165, 1.54) is 0 Å². The molecular weight excluding hydrogens is 325 g/mol. The predicted molar refractivity (Wildman–Crippen MR) is 15.8 cm³/mol. The van der Waals surface area contributed by atoms with Crippen molar-refractivity contribution in [3.8, 4) is 0 Å². The summed E-state index contributed by atoms with van der Waals surface area (Å²) in [7, 11) is 0. The molecule has 13 heteroatoms. The molecule has 0 unspecified atom stereocenters. The summed E-state index contributed by atoms with van der Waals surface area (Å²) in [6.07, 6.45) is 0. The van der Waals surface area contributed by atoms with Crippen molar-refractivity contribution in [2.45, 2.75) is 0 Å². The van der Waals surface area contributed by atoms with Crippen LogP contribution in [0.3, 0.4) is 0 Å². The quantitative estimate of drug-likeness (QED) is 0.425. The van der Waals surface area contributed by atoms with E-state index >= 15 is 0 Å². The Kier molecular flexibility index (Phi) is 23.1. The average Bonchev–Trinajstić information content (AvgIpc) is 1.12. The van der Waals surface area contributed by atoms with E-state index in [9.17, 15) is 0 Å². The summed E-state index contributed by atoms with van der Waals surface area (Å²) in [6.45, 7) is 0. The van der Waals surface area contributed by atoms with Crippen LogP contribution in [-0.4, -0.2) is 19.3 Å². The fourth-order valence-electron chi connectivity index (χ4n) is 0. The van der Waals surface area contributed by atoms with Crippen molar-refractivity contribution in [2.75, 3.05) is 0 Å². The Hall–Kier alpha value is 0.198. The van der Waals surface area contributed by atoms with Gasteiger partial charge in [0.05, 0.1) is 0 Å². The fraction of sp³-hybridized carbons (Fsp3) is 0. The molecule has 0 aliphatic carbocycles. The monoisotopic (exact) mass is 331 g/mol. The van der Waals surface area contributed by atoms with E-state index < -0.39 is 25.9 Å². The van der Waals surface area contributed by atoms with Crippen molar-refractivity contribution in [1.82, 2.24) is 0 Å². The molecule has 0 aromatic heterocycles. The zero-order valence-electron chi connectivity index (χ0n) is 5.48. The molecule has 0 atom stereocenters. The van der Waals surface area contributed by atoms with Crippen molar-refractivity contribution < 1.29 is 85.3 Å². The Morgan fingerprint density at radius 2 is 0.615 bits per heavy atom. The van der Waals surface area contributed by atoms with Crippen LogP contribution in [0.5, 0.6) is 0 Å². The summed E-state index contributed by atoms with van der Waals surface area (Å²) in [6, 6.07) is 0. The van der Waals surface area contributed by atoms with Gasteiger partial charge in [0.15, 0.2) is 0 Å². The van der Waals surface area contributed by atoms with Gasteiger partial charge in [-0.1, -0.05) is 0 Å². The minimum absolute atomic E-state index is 0. The standard InChI is InChI=1S/3Mn.4H2O.6O/h;;;4*1H2;;;;;;/q;2*+1;;;;;;;;;;/p-2.